The molecule has 14 heavy (non-hydrogen) atoms. The van der Waals surface area contributed by atoms with Crippen molar-refractivity contribution in [3.63, 3.8) is 0 Å². The number of aliphatic hydroxyl groups excluding tert-OH is 1. The third-order valence-corrected chi connectivity index (χ3v) is 4.25. The average molecular weight is 323 g/mol. The molecule has 1 rings (SSSR count). The van der Waals surface area contributed by atoms with Crippen LogP contribution in [-0.2, 0) is 5.54 Å². The minimum Gasteiger partial charge on any atom is -0.396 e. The second-order valence-corrected chi connectivity index (χ2v) is 5.14. The second-order valence-electron chi connectivity index (χ2n) is 3.49. The molecule has 1 unspecified atom stereocenters. The highest BCUT2D eigenvalue weighted by atomic mass is 79.9. The molecule has 0 aliphatic heterocycles. The van der Waals surface area contributed by atoms with Gasteiger partial charge in [-0.3, -0.25) is 0 Å². The summed E-state index contributed by atoms with van der Waals surface area (Å²) in [6.45, 7) is 2.00. The molecule has 0 fully saturated rings. The minimum atomic E-state index is -0.503. The highest BCUT2D eigenvalue weighted by Crippen LogP contribution is 2.33. The van der Waals surface area contributed by atoms with Crippen LogP contribution in [0.4, 0.5) is 0 Å². The van der Waals surface area contributed by atoms with Gasteiger partial charge < -0.3 is 10.8 Å². The average Bonchev–Trinajstić information content (AvgIpc) is 2.09. The Bertz CT molecular complexity index is 326. The largest absolute Gasteiger partial charge is 0.396 e. The molecule has 0 saturated heterocycles. The number of hydrogen-bond acceptors (Lipinski definition) is 2. The van der Waals surface area contributed by atoms with Gasteiger partial charge in [0.1, 0.15) is 0 Å². The summed E-state index contributed by atoms with van der Waals surface area (Å²) in [5, 5.41) is 8.92. The summed E-state index contributed by atoms with van der Waals surface area (Å²) in [5.74, 6) is 0. The predicted molar refractivity (Wildman–Crippen MR) is 65.1 cm³/mol. The number of aliphatic hydroxyl groups is 1. The third kappa shape index (κ3) is 2.57. The lowest BCUT2D eigenvalue weighted by molar-refractivity contribution is 0.247. The molecule has 0 heterocycles. The van der Waals surface area contributed by atoms with Crippen LogP contribution in [0.5, 0.6) is 0 Å². The molecule has 0 aliphatic rings. The third-order valence-electron chi connectivity index (χ3n) is 2.20. The van der Waals surface area contributed by atoms with Gasteiger partial charge in [0.05, 0.1) is 0 Å². The zero-order valence-electron chi connectivity index (χ0n) is 7.93. The molecule has 78 valence electrons. The predicted octanol–water partition coefficient (Wildman–Crippen LogP) is 2.77. The fraction of sp³-hybridized carbons (Fsp3) is 0.400. The van der Waals surface area contributed by atoms with Crippen molar-refractivity contribution in [2.75, 3.05) is 6.61 Å². The molecule has 0 aromatic heterocycles. The Morgan fingerprint density at radius 2 is 2.07 bits per heavy atom. The topological polar surface area (TPSA) is 46.2 Å². The van der Waals surface area contributed by atoms with E-state index in [0.29, 0.717) is 6.42 Å². The molecular weight excluding hydrogens is 310 g/mol. The van der Waals surface area contributed by atoms with Crippen molar-refractivity contribution < 1.29 is 5.11 Å². The van der Waals surface area contributed by atoms with Gasteiger partial charge in [0.15, 0.2) is 0 Å². The van der Waals surface area contributed by atoms with Crippen LogP contribution in [0, 0.1) is 0 Å². The van der Waals surface area contributed by atoms with Crippen LogP contribution in [0.25, 0.3) is 0 Å². The van der Waals surface area contributed by atoms with E-state index in [1.807, 2.05) is 25.1 Å². The molecule has 1 atom stereocenters. The van der Waals surface area contributed by atoms with Gasteiger partial charge in [-0.1, -0.05) is 12.1 Å². The number of rotatable bonds is 3. The molecule has 0 aliphatic carbocycles. The lowest BCUT2D eigenvalue weighted by Crippen LogP contribution is -2.34. The zero-order valence-corrected chi connectivity index (χ0v) is 11.1. The van der Waals surface area contributed by atoms with Gasteiger partial charge in [-0.15, -0.1) is 0 Å². The molecule has 0 amide bonds. The molecular formula is C10H13Br2NO. The van der Waals surface area contributed by atoms with Gasteiger partial charge in [0, 0.05) is 21.1 Å². The van der Waals surface area contributed by atoms with Crippen LogP contribution in [0.3, 0.4) is 0 Å². The first-order chi connectivity index (χ1) is 6.49. The van der Waals surface area contributed by atoms with E-state index in [2.05, 4.69) is 31.9 Å². The van der Waals surface area contributed by atoms with Crippen LogP contribution >= 0.6 is 31.9 Å². The second kappa shape index (κ2) is 4.75. The van der Waals surface area contributed by atoms with Crippen molar-refractivity contribution in [3.8, 4) is 0 Å². The summed E-state index contributed by atoms with van der Waals surface area (Å²) in [6.07, 6.45) is 0.544. The van der Waals surface area contributed by atoms with E-state index in [0.717, 1.165) is 14.5 Å². The molecule has 4 heteroatoms. The molecule has 0 bridgehead atoms. The highest BCUT2D eigenvalue weighted by molar-refractivity contribution is 9.13. The summed E-state index contributed by atoms with van der Waals surface area (Å²) in [7, 11) is 0. The van der Waals surface area contributed by atoms with Crippen molar-refractivity contribution in [2.45, 2.75) is 18.9 Å². The molecule has 3 N–H and O–H groups in total. The van der Waals surface area contributed by atoms with E-state index in [4.69, 9.17) is 10.8 Å². The first kappa shape index (κ1) is 12.2. The summed E-state index contributed by atoms with van der Waals surface area (Å²) >= 11 is 6.90. The van der Waals surface area contributed by atoms with E-state index in [9.17, 15) is 0 Å². The Labute approximate surface area is 101 Å². The smallest absolute Gasteiger partial charge is 0.0451 e. The number of benzene rings is 1. The maximum absolute atomic E-state index is 8.92. The van der Waals surface area contributed by atoms with Crippen LogP contribution < -0.4 is 5.73 Å². The van der Waals surface area contributed by atoms with Crippen molar-refractivity contribution in [3.05, 3.63) is 32.7 Å². The molecule has 1 aromatic carbocycles. The van der Waals surface area contributed by atoms with Crippen LogP contribution in [0.2, 0.25) is 0 Å². The Morgan fingerprint density at radius 1 is 1.43 bits per heavy atom. The lowest BCUT2D eigenvalue weighted by Gasteiger charge is -2.25. The van der Waals surface area contributed by atoms with Crippen molar-refractivity contribution in [2.24, 2.45) is 5.73 Å². The SMILES string of the molecule is CC(N)(CCO)c1cccc(Br)c1Br. The minimum absolute atomic E-state index is 0.0892. The Balaban J connectivity index is 3.12. The number of nitrogens with two attached hydrogens (primary N) is 1. The quantitative estimate of drug-likeness (QED) is 0.899. The van der Waals surface area contributed by atoms with Gasteiger partial charge in [-0.25, -0.2) is 0 Å². The first-order valence-corrected chi connectivity index (χ1v) is 5.92. The lowest BCUT2D eigenvalue weighted by atomic mass is 9.90. The van der Waals surface area contributed by atoms with Crippen LogP contribution in [0.15, 0.2) is 27.1 Å². The molecule has 0 radical (unpaired) electrons. The van der Waals surface area contributed by atoms with E-state index in [-0.39, 0.29) is 6.61 Å². The molecule has 2 nitrogen and oxygen atoms in total. The maximum atomic E-state index is 8.92. The van der Waals surface area contributed by atoms with Gasteiger partial charge in [-0.05, 0) is 56.8 Å². The van der Waals surface area contributed by atoms with Crippen molar-refractivity contribution >= 4 is 31.9 Å². The molecule has 0 spiro atoms. The summed E-state index contributed by atoms with van der Waals surface area (Å²) in [5.41, 5.74) is 6.61. The van der Waals surface area contributed by atoms with Gasteiger partial charge in [0.2, 0.25) is 0 Å². The van der Waals surface area contributed by atoms with Gasteiger partial charge >= 0.3 is 0 Å². The van der Waals surface area contributed by atoms with Crippen molar-refractivity contribution in [1.82, 2.24) is 0 Å². The van der Waals surface area contributed by atoms with Gasteiger partial charge in [0.25, 0.3) is 0 Å². The Morgan fingerprint density at radius 3 is 2.64 bits per heavy atom. The van der Waals surface area contributed by atoms with Crippen molar-refractivity contribution in [1.29, 1.82) is 0 Å². The fourth-order valence-corrected chi connectivity index (χ4v) is 2.40. The first-order valence-electron chi connectivity index (χ1n) is 4.33. The Kier molecular flexibility index (Phi) is 4.13. The van der Waals surface area contributed by atoms with E-state index in [1.165, 1.54) is 0 Å². The van der Waals surface area contributed by atoms with E-state index < -0.39 is 5.54 Å². The monoisotopic (exact) mass is 321 g/mol. The number of hydrogen-bond donors (Lipinski definition) is 2. The number of halogens is 2. The summed E-state index contributed by atoms with van der Waals surface area (Å²) < 4.78 is 1.93. The summed E-state index contributed by atoms with van der Waals surface area (Å²) in [6, 6.07) is 5.85. The van der Waals surface area contributed by atoms with Gasteiger partial charge in [-0.2, -0.15) is 0 Å². The maximum Gasteiger partial charge on any atom is 0.0451 e. The molecule has 1 aromatic rings. The van der Waals surface area contributed by atoms with E-state index in [1.54, 1.807) is 0 Å². The standard InChI is InChI=1S/C10H13Br2NO/c1-10(13,5-6-14)7-3-2-4-8(11)9(7)12/h2-4,14H,5-6,13H2,1H3. The highest BCUT2D eigenvalue weighted by Gasteiger charge is 2.23. The van der Waals surface area contributed by atoms with E-state index >= 15 is 0 Å². The molecule has 0 saturated carbocycles. The van der Waals surface area contributed by atoms with Crippen LogP contribution in [0.1, 0.15) is 18.9 Å². The normalized spacial score (nSPS) is 15.2. The fourth-order valence-electron chi connectivity index (χ4n) is 1.31. The summed E-state index contributed by atoms with van der Waals surface area (Å²) in [4.78, 5) is 0. The zero-order chi connectivity index (χ0) is 10.8. The van der Waals surface area contributed by atoms with Crippen LogP contribution in [-0.4, -0.2) is 11.7 Å². The Hall–Kier alpha value is 0.1000.